The Kier molecular flexibility index (Phi) is 5.40. The summed E-state index contributed by atoms with van der Waals surface area (Å²) in [7, 11) is 0. The number of nitrogens with one attached hydrogen (secondary N) is 1. The minimum atomic E-state index is 0.767. The maximum absolute atomic E-state index is 5.99. The van der Waals surface area contributed by atoms with E-state index in [2.05, 4.69) is 5.32 Å². The van der Waals surface area contributed by atoms with Crippen LogP contribution in [0.3, 0.4) is 0 Å². The molecule has 2 aliphatic rings. The van der Waals surface area contributed by atoms with Crippen molar-refractivity contribution in [3.05, 3.63) is 0 Å². The van der Waals surface area contributed by atoms with Gasteiger partial charge in [-0.25, -0.2) is 0 Å². The number of alkyl halides is 1. The van der Waals surface area contributed by atoms with Gasteiger partial charge in [-0.05, 0) is 56.5 Å². The zero-order valence-electron chi connectivity index (χ0n) is 10.1. The molecule has 0 bridgehead atoms. The summed E-state index contributed by atoms with van der Waals surface area (Å²) in [6.45, 7) is 4.27. The van der Waals surface area contributed by atoms with Crippen LogP contribution < -0.4 is 5.32 Å². The minimum Gasteiger partial charge on any atom is -0.381 e. The molecule has 0 aromatic carbocycles. The van der Waals surface area contributed by atoms with Crippen molar-refractivity contribution < 1.29 is 4.74 Å². The second-order valence-corrected chi connectivity index (χ2v) is 5.63. The molecule has 0 aromatic rings. The van der Waals surface area contributed by atoms with Gasteiger partial charge in [-0.1, -0.05) is 6.42 Å². The van der Waals surface area contributed by atoms with Crippen molar-refractivity contribution in [3.8, 4) is 0 Å². The number of hydrogen-bond acceptors (Lipinski definition) is 2. The lowest BCUT2D eigenvalue weighted by Crippen LogP contribution is -2.32. The first kappa shape index (κ1) is 12.7. The van der Waals surface area contributed by atoms with Gasteiger partial charge >= 0.3 is 0 Å². The van der Waals surface area contributed by atoms with Crippen LogP contribution in [0.2, 0.25) is 0 Å². The fourth-order valence-electron chi connectivity index (χ4n) is 3.01. The van der Waals surface area contributed by atoms with Gasteiger partial charge in [0.05, 0.1) is 0 Å². The molecule has 16 heavy (non-hydrogen) atoms. The van der Waals surface area contributed by atoms with Crippen molar-refractivity contribution in [3.63, 3.8) is 0 Å². The molecule has 1 N–H and O–H groups in total. The van der Waals surface area contributed by atoms with E-state index in [1.165, 1.54) is 45.2 Å². The lowest BCUT2D eigenvalue weighted by atomic mass is 9.96. The van der Waals surface area contributed by atoms with Crippen LogP contribution in [0.1, 0.15) is 32.1 Å². The molecule has 2 rings (SSSR count). The third kappa shape index (κ3) is 3.61. The Hall–Kier alpha value is 0.210. The molecular weight excluding hydrogens is 222 g/mol. The first-order valence-corrected chi connectivity index (χ1v) is 7.28. The number of rotatable bonds is 5. The fraction of sp³-hybridized carbons (Fsp3) is 1.00. The van der Waals surface area contributed by atoms with Gasteiger partial charge in [0.15, 0.2) is 0 Å². The minimum absolute atomic E-state index is 0.767. The lowest BCUT2D eigenvalue weighted by Gasteiger charge is -2.24. The highest BCUT2D eigenvalue weighted by Crippen LogP contribution is 2.32. The van der Waals surface area contributed by atoms with Gasteiger partial charge in [0, 0.05) is 19.1 Å². The average molecular weight is 246 g/mol. The van der Waals surface area contributed by atoms with E-state index in [-0.39, 0.29) is 0 Å². The van der Waals surface area contributed by atoms with E-state index in [4.69, 9.17) is 16.3 Å². The van der Waals surface area contributed by atoms with Crippen molar-refractivity contribution in [1.82, 2.24) is 5.32 Å². The maximum atomic E-state index is 5.99. The van der Waals surface area contributed by atoms with Crippen molar-refractivity contribution in [2.75, 3.05) is 32.2 Å². The molecule has 94 valence electrons. The molecule has 0 spiro atoms. The molecular formula is C13H24ClNO. The molecule has 2 nitrogen and oxygen atoms in total. The Morgan fingerprint density at radius 2 is 1.75 bits per heavy atom. The van der Waals surface area contributed by atoms with E-state index in [1.807, 2.05) is 0 Å². The molecule has 1 heterocycles. The zero-order chi connectivity index (χ0) is 11.2. The molecule has 1 saturated heterocycles. The molecule has 1 aliphatic heterocycles. The molecule has 1 saturated carbocycles. The first-order chi connectivity index (χ1) is 7.90. The van der Waals surface area contributed by atoms with Gasteiger partial charge in [-0.3, -0.25) is 0 Å². The van der Waals surface area contributed by atoms with Crippen LogP contribution in [0.25, 0.3) is 0 Å². The van der Waals surface area contributed by atoms with Gasteiger partial charge in [-0.2, -0.15) is 0 Å². The second kappa shape index (κ2) is 6.83. The Morgan fingerprint density at radius 3 is 2.50 bits per heavy atom. The fourth-order valence-corrected chi connectivity index (χ4v) is 3.42. The van der Waals surface area contributed by atoms with Crippen LogP contribution in [-0.4, -0.2) is 32.2 Å². The Morgan fingerprint density at radius 1 is 1.00 bits per heavy atom. The Balaban J connectivity index is 1.59. The van der Waals surface area contributed by atoms with E-state index < -0.39 is 0 Å². The summed E-state index contributed by atoms with van der Waals surface area (Å²) in [6.07, 6.45) is 6.56. The highest BCUT2D eigenvalue weighted by molar-refractivity contribution is 6.18. The van der Waals surface area contributed by atoms with Crippen molar-refractivity contribution >= 4 is 11.6 Å². The number of halogens is 1. The van der Waals surface area contributed by atoms with Crippen LogP contribution in [0.15, 0.2) is 0 Å². The van der Waals surface area contributed by atoms with Crippen LogP contribution in [0, 0.1) is 17.8 Å². The summed E-state index contributed by atoms with van der Waals surface area (Å²) < 4.78 is 5.37. The van der Waals surface area contributed by atoms with Crippen LogP contribution >= 0.6 is 11.6 Å². The molecule has 1 aliphatic carbocycles. The SMILES string of the molecule is ClCC1CCCC1CNCC1CCOCC1. The molecule has 0 radical (unpaired) electrons. The molecule has 2 unspecified atom stereocenters. The molecule has 2 atom stereocenters. The highest BCUT2D eigenvalue weighted by atomic mass is 35.5. The van der Waals surface area contributed by atoms with Crippen LogP contribution in [0.4, 0.5) is 0 Å². The summed E-state index contributed by atoms with van der Waals surface area (Å²) >= 11 is 5.99. The Bertz CT molecular complexity index is 194. The standard InChI is InChI=1S/C13H24ClNO/c14-8-12-2-1-3-13(12)10-15-9-11-4-6-16-7-5-11/h11-13,15H,1-10H2. The van der Waals surface area contributed by atoms with E-state index in [0.717, 1.165) is 36.8 Å². The van der Waals surface area contributed by atoms with Crippen molar-refractivity contribution in [2.45, 2.75) is 32.1 Å². The predicted octanol–water partition coefficient (Wildman–Crippen LogP) is 2.66. The molecule has 2 fully saturated rings. The summed E-state index contributed by atoms with van der Waals surface area (Å²) in [5.41, 5.74) is 0. The van der Waals surface area contributed by atoms with E-state index in [0.29, 0.717) is 0 Å². The van der Waals surface area contributed by atoms with Gasteiger partial charge in [0.25, 0.3) is 0 Å². The third-order valence-corrected chi connectivity index (χ3v) is 4.59. The van der Waals surface area contributed by atoms with E-state index >= 15 is 0 Å². The number of ether oxygens (including phenoxy) is 1. The molecule has 0 amide bonds. The average Bonchev–Trinajstić information content (AvgIpc) is 2.78. The van der Waals surface area contributed by atoms with Crippen LogP contribution in [0.5, 0.6) is 0 Å². The smallest absolute Gasteiger partial charge is 0.0469 e. The summed E-state index contributed by atoms with van der Waals surface area (Å²) in [6, 6.07) is 0. The van der Waals surface area contributed by atoms with Crippen molar-refractivity contribution in [1.29, 1.82) is 0 Å². The monoisotopic (exact) mass is 245 g/mol. The predicted molar refractivity (Wildman–Crippen MR) is 68.0 cm³/mol. The summed E-state index contributed by atoms with van der Waals surface area (Å²) in [5.74, 6) is 3.29. The first-order valence-electron chi connectivity index (χ1n) is 6.74. The molecule has 3 heteroatoms. The lowest BCUT2D eigenvalue weighted by molar-refractivity contribution is 0.0659. The second-order valence-electron chi connectivity index (χ2n) is 5.32. The van der Waals surface area contributed by atoms with Gasteiger partial charge in [0.1, 0.15) is 0 Å². The number of hydrogen-bond donors (Lipinski definition) is 1. The van der Waals surface area contributed by atoms with Gasteiger partial charge < -0.3 is 10.1 Å². The van der Waals surface area contributed by atoms with E-state index in [9.17, 15) is 0 Å². The zero-order valence-corrected chi connectivity index (χ0v) is 10.8. The summed E-state index contributed by atoms with van der Waals surface area (Å²) in [5, 5.41) is 3.65. The van der Waals surface area contributed by atoms with Crippen molar-refractivity contribution in [2.24, 2.45) is 17.8 Å². The summed E-state index contributed by atoms with van der Waals surface area (Å²) in [4.78, 5) is 0. The van der Waals surface area contributed by atoms with Gasteiger partial charge in [0.2, 0.25) is 0 Å². The Labute approximate surface area is 104 Å². The van der Waals surface area contributed by atoms with E-state index in [1.54, 1.807) is 0 Å². The van der Waals surface area contributed by atoms with Gasteiger partial charge in [-0.15, -0.1) is 11.6 Å². The largest absolute Gasteiger partial charge is 0.381 e. The normalized spacial score (nSPS) is 32.1. The molecule has 0 aromatic heterocycles. The third-order valence-electron chi connectivity index (χ3n) is 4.20. The van der Waals surface area contributed by atoms with Crippen LogP contribution in [-0.2, 0) is 4.74 Å². The highest BCUT2D eigenvalue weighted by Gasteiger charge is 2.26. The maximum Gasteiger partial charge on any atom is 0.0469 e. The topological polar surface area (TPSA) is 21.3 Å². The quantitative estimate of drug-likeness (QED) is 0.752.